The minimum atomic E-state index is -0.367. The first-order valence-corrected chi connectivity index (χ1v) is 7.29. The van der Waals surface area contributed by atoms with Gasteiger partial charge in [0.1, 0.15) is 11.4 Å². The molecule has 4 nitrogen and oxygen atoms in total. The molecule has 0 aliphatic carbocycles. The van der Waals surface area contributed by atoms with Crippen LogP contribution < -0.4 is 4.74 Å². The van der Waals surface area contributed by atoms with E-state index in [1.54, 1.807) is 18.2 Å². The first-order chi connectivity index (χ1) is 10.0. The Morgan fingerprint density at radius 3 is 2.48 bits per heavy atom. The van der Waals surface area contributed by atoms with E-state index in [4.69, 9.17) is 27.9 Å². The van der Waals surface area contributed by atoms with Crippen molar-refractivity contribution in [2.75, 3.05) is 7.11 Å². The van der Waals surface area contributed by atoms with Crippen molar-refractivity contribution < 1.29 is 14.3 Å². The van der Waals surface area contributed by atoms with E-state index in [-0.39, 0.29) is 16.5 Å². The molecule has 0 bridgehead atoms. The third kappa shape index (κ3) is 3.97. The van der Waals surface area contributed by atoms with E-state index in [1.165, 1.54) is 19.2 Å². The van der Waals surface area contributed by atoms with Gasteiger partial charge < -0.3 is 4.74 Å². The number of carbonyl (C=O) groups excluding carboxylic acids is 2. The van der Waals surface area contributed by atoms with Crippen LogP contribution >= 0.6 is 35.0 Å². The molecule has 0 fully saturated rings. The number of aldehydes is 1. The van der Waals surface area contributed by atoms with Crippen molar-refractivity contribution in [1.82, 2.24) is 4.98 Å². The normalized spacial score (nSPS) is 10.2. The van der Waals surface area contributed by atoms with Gasteiger partial charge in [0, 0.05) is 14.9 Å². The number of hydrogen-bond acceptors (Lipinski definition) is 5. The molecule has 0 aliphatic rings. The van der Waals surface area contributed by atoms with E-state index >= 15 is 0 Å². The molecule has 0 unspecified atom stereocenters. The van der Waals surface area contributed by atoms with Gasteiger partial charge in [-0.25, -0.2) is 4.98 Å². The Balaban J connectivity index is 2.33. The zero-order chi connectivity index (χ0) is 15.4. The van der Waals surface area contributed by atoms with Crippen molar-refractivity contribution in [2.24, 2.45) is 0 Å². The van der Waals surface area contributed by atoms with E-state index in [1.807, 2.05) is 0 Å². The summed E-state index contributed by atoms with van der Waals surface area (Å²) >= 11 is 12.7. The minimum Gasteiger partial charge on any atom is -0.494 e. The molecule has 108 valence electrons. The van der Waals surface area contributed by atoms with Crippen LogP contribution in [0, 0.1) is 0 Å². The van der Waals surface area contributed by atoms with Crippen molar-refractivity contribution in [1.29, 1.82) is 0 Å². The molecule has 0 saturated carbocycles. The Labute approximate surface area is 135 Å². The molecule has 0 aliphatic heterocycles. The van der Waals surface area contributed by atoms with Crippen molar-refractivity contribution >= 4 is 46.4 Å². The smallest absolute Gasteiger partial charge is 0.246 e. The average molecular weight is 342 g/mol. The summed E-state index contributed by atoms with van der Waals surface area (Å²) in [6.45, 7) is 0. The number of ether oxygens (including phenoxy) is 1. The summed E-state index contributed by atoms with van der Waals surface area (Å²) in [6, 6.07) is 7.81. The lowest BCUT2D eigenvalue weighted by Gasteiger charge is -2.07. The molecule has 0 spiro atoms. The SMILES string of the molecule is COc1ccc(C=O)nc1C(=O)Sc1cc(Cl)cc(Cl)c1. The van der Waals surface area contributed by atoms with E-state index in [0.29, 0.717) is 27.0 Å². The standard InChI is InChI=1S/C14H9Cl2NO3S/c1-20-12-3-2-10(7-18)17-13(12)14(19)21-11-5-8(15)4-9(16)6-11/h2-7H,1H3. The second-order valence-electron chi connectivity index (χ2n) is 3.90. The molecular formula is C14H9Cl2NO3S. The van der Waals surface area contributed by atoms with Gasteiger partial charge in [-0.05, 0) is 42.1 Å². The number of aromatic nitrogens is 1. The Bertz CT molecular complexity index is 686. The number of benzene rings is 1. The number of hydrogen-bond donors (Lipinski definition) is 0. The zero-order valence-electron chi connectivity index (χ0n) is 10.8. The lowest BCUT2D eigenvalue weighted by atomic mass is 10.3. The molecular weight excluding hydrogens is 333 g/mol. The van der Waals surface area contributed by atoms with Gasteiger partial charge in [0.25, 0.3) is 0 Å². The Kier molecular flexibility index (Phi) is 5.22. The van der Waals surface area contributed by atoms with Crippen molar-refractivity contribution in [3.8, 4) is 5.75 Å². The third-order valence-corrected chi connectivity index (χ3v) is 3.75. The number of rotatable bonds is 4. The first kappa shape index (κ1) is 15.8. The van der Waals surface area contributed by atoms with Crippen LogP contribution in [0.1, 0.15) is 21.0 Å². The van der Waals surface area contributed by atoms with Crippen LogP contribution in [-0.4, -0.2) is 23.5 Å². The second kappa shape index (κ2) is 6.93. The summed E-state index contributed by atoms with van der Waals surface area (Å²) in [4.78, 5) is 27.6. The van der Waals surface area contributed by atoms with Gasteiger partial charge in [-0.3, -0.25) is 9.59 Å². The Hall–Kier alpha value is -1.56. The van der Waals surface area contributed by atoms with E-state index in [9.17, 15) is 9.59 Å². The molecule has 1 heterocycles. The third-order valence-electron chi connectivity index (χ3n) is 2.46. The molecule has 0 atom stereocenters. The summed E-state index contributed by atoms with van der Waals surface area (Å²) in [7, 11) is 1.43. The number of carbonyl (C=O) groups is 2. The summed E-state index contributed by atoms with van der Waals surface area (Å²) in [5.41, 5.74) is 0.229. The molecule has 1 aromatic carbocycles. The second-order valence-corrected chi connectivity index (χ2v) is 5.82. The molecule has 2 aromatic rings. The maximum Gasteiger partial charge on any atom is 0.246 e. The quantitative estimate of drug-likeness (QED) is 0.617. The van der Waals surface area contributed by atoms with Crippen LogP contribution in [0.4, 0.5) is 0 Å². The Morgan fingerprint density at radius 1 is 1.24 bits per heavy atom. The molecule has 0 saturated heterocycles. The van der Waals surface area contributed by atoms with Gasteiger partial charge in [0.05, 0.1) is 7.11 Å². The van der Waals surface area contributed by atoms with Crippen molar-refractivity contribution in [2.45, 2.75) is 4.90 Å². The van der Waals surface area contributed by atoms with Gasteiger partial charge >= 0.3 is 0 Å². The average Bonchev–Trinajstić information content (AvgIpc) is 2.45. The van der Waals surface area contributed by atoms with Gasteiger partial charge in [0.15, 0.2) is 12.0 Å². The van der Waals surface area contributed by atoms with Gasteiger partial charge in [-0.1, -0.05) is 23.2 Å². The fourth-order valence-electron chi connectivity index (χ4n) is 1.58. The highest BCUT2D eigenvalue weighted by Gasteiger charge is 2.17. The van der Waals surface area contributed by atoms with Crippen LogP contribution in [0.3, 0.4) is 0 Å². The van der Waals surface area contributed by atoms with Gasteiger partial charge in [-0.15, -0.1) is 0 Å². The summed E-state index contributed by atoms with van der Waals surface area (Å²) in [6.07, 6.45) is 0.567. The molecule has 0 N–H and O–H groups in total. The zero-order valence-corrected chi connectivity index (χ0v) is 13.1. The fraction of sp³-hybridized carbons (Fsp3) is 0.0714. The summed E-state index contributed by atoms with van der Waals surface area (Å²) in [5.74, 6) is 0.297. The highest BCUT2D eigenvalue weighted by Crippen LogP contribution is 2.30. The molecule has 7 heteroatoms. The van der Waals surface area contributed by atoms with Crippen LogP contribution in [0.25, 0.3) is 0 Å². The number of nitrogens with zero attached hydrogens (tertiary/aromatic N) is 1. The van der Waals surface area contributed by atoms with Crippen LogP contribution in [-0.2, 0) is 0 Å². The van der Waals surface area contributed by atoms with Crippen LogP contribution in [0.15, 0.2) is 35.2 Å². The monoisotopic (exact) mass is 341 g/mol. The lowest BCUT2D eigenvalue weighted by molar-refractivity contribution is 0.108. The number of methoxy groups -OCH3 is 1. The largest absolute Gasteiger partial charge is 0.494 e. The molecule has 2 rings (SSSR count). The maximum atomic E-state index is 12.3. The predicted octanol–water partition coefficient (Wildman–Crippen LogP) is 4.14. The van der Waals surface area contributed by atoms with Gasteiger partial charge in [0.2, 0.25) is 5.12 Å². The summed E-state index contributed by atoms with van der Waals surface area (Å²) < 4.78 is 5.09. The maximum absolute atomic E-state index is 12.3. The van der Waals surface area contributed by atoms with E-state index < -0.39 is 0 Å². The highest BCUT2D eigenvalue weighted by atomic mass is 35.5. The van der Waals surface area contributed by atoms with E-state index in [2.05, 4.69) is 4.98 Å². The van der Waals surface area contributed by atoms with Crippen LogP contribution in [0.5, 0.6) is 5.75 Å². The van der Waals surface area contributed by atoms with Gasteiger partial charge in [-0.2, -0.15) is 0 Å². The summed E-state index contributed by atoms with van der Waals surface area (Å²) in [5, 5.41) is 0.493. The van der Waals surface area contributed by atoms with E-state index in [0.717, 1.165) is 11.8 Å². The first-order valence-electron chi connectivity index (χ1n) is 5.72. The lowest BCUT2D eigenvalue weighted by Crippen LogP contribution is -2.04. The number of halogens is 2. The Morgan fingerprint density at radius 2 is 1.90 bits per heavy atom. The topological polar surface area (TPSA) is 56.3 Å². The molecule has 0 radical (unpaired) electrons. The van der Waals surface area contributed by atoms with Crippen molar-refractivity contribution in [3.63, 3.8) is 0 Å². The van der Waals surface area contributed by atoms with Crippen molar-refractivity contribution in [3.05, 3.63) is 51.8 Å². The molecule has 0 amide bonds. The predicted molar refractivity (Wildman–Crippen MR) is 82.8 cm³/mol. The minimum absolute atomic E-state index is 0.0724. The van der Waals surface area contributed by atoms with Crippen LogP contribution in [0.2, 0.25) is 10.0 Å². The number of pyridine rings is 1. The number of thioether (sulfide) groups is 1. The highest BCUT2D eigenvalue weighted by molar-refractivity contribution is 8.14. The fourth-order valence-corrected chi connectivity index (χ4v) is 3.07. The molecule has 1 aromatic heterocycles. The molecule has 21 heavy (non-hydrogen) atoms.